The van der Waals surface area contributed by atoms with Crippen molar-refractivity contribution in [3.63, 3.8) is 0 Å². The molecule has 0 aromatic heterocycles. The van der Waals surface area contributed by atoms with Crippen LogP contribution in [0.2, 0.25) is 0 Å². The molecule has 1 aromatic rings. The second kappa shape index (κ2) is 5.24. The van der Waals surface area contributed by atoms with Gasteiger partial charge >= 0.3 is 6.09 Å². The Morgan fingerprint density at radius 3 is 2.57 bits per heavy atom. The predicted octanol–water partition coefficient (Wildman–Crippen LogP) is 1.77. The van der Waals surface area contributed by atoms with Crippen LogP contribution in [0.25, 0.3) is 0 Å². The number of rotatable bonds is 4. The summed E-state index contributed by atoms with van der Waals surface area (Å²) in [5.41, 5.74) is 0.951. The minimum atomic E-state index is -0.976. The number of hydrogen-bond acceptors (Lipinski definition) is 2. The first-order chi connectivity index (χ1) is 6.74. The molecule has 0 unspecified atom stereocenters. The third kappa shape index (κ3) is 3.06. The molecule has 4 heteroatoms. The van der Waals surface area contributed by atoms with Gasteiger partial charge < -0.3 is 9.84 Å². The van der Waals surface area contributed by atoms with Gasteiger partial charge in [0.2, 0.25) is 0 Å². The molecule has 0 saturated heterocycles. The lowest BCUT2D eigenvalue weighted by atomic mass is 10.2. The zero-order valence-corrected chi connectivity index (χ0v) is 8.01. The second-order valence-electron chi connectivity index (χ2n) is 2.88. The van der Waals surface area contributed by atoms with Gasteiger partial charge in [-0.1, -0.05) is 30.3 Å². The lowest BCUT2D eigenvalue weighted by Gasteiger charge is -2.17. The zero-order chi connectivity index (χ0) is 10.4. The highest BCUT2D eigenvalue weighted by molar-refractivity contribution is 5.64. The van der Waals surface area contributed by atoms with Gasteiger partial charge in [-0.2, -0.15) is 0 Å². The minimum absolute atomic E-state index is 0.0875. The summed E-state index contributed by atoms with van der Waals surface area (Å²) in [5, 5.41) is 8.81. The van der Waals surface area contributed by atoms with Gasteiger partial charge in [-0.3, -0.25) is 4.90 Å². The van der Waals surface area contributed by atoms with Crippen molar-refractivity contribution in [2.45, 2.75) is 6.54 Å². The standard InChI is InChI=1S/C10H13NO3/c1-14-8-11(10(12)13)7-9-5-3-2-4-6-9/h2-6H,7-8H2,1H3,(H,12,13). The largest absolute Gasteiger partial charge is 0.465 e. The van der Waals surface area contributed by atoms with E-state index in [4.69, 9.17) is 9.84 Å². The lowest BCUT2D eigenvalue weighted by molar-refractivity contribution is 0.0557. The van der Waals surface area contributed by atoms with E-state index in [9.17, 15) is 4.79 Å². The molecular weight excluding hydrogens is 182 g/mol. The molecule has 1 aromatic carbocycles. The topological polar surface area (TPSA) is 49.8 Å². The number of hydrogen-bond donors (Lipinski definition) is 1. The van der Waals surface area contributed by atoms with Crippen molar-refractivity contribution in [1.29, 1.82) is 0 Å². The molecule has 1 amide bonds. The number of carboxylic acid groups (broad SMARTS) is 1. The van der Waals surface area contributed by atoms with Crippen LogP contribution in [0.3, 0.4) is 0 Å². The average Bonchev–Trinajstić information content (AvgIpc) is 2.18. The van der Waals surface area contributed by atoms with E-state index in [-0.39, 0.29) is 6.73 Å². The van der Waals surface area contributed by atoms with Gasteiger partial charge in [0.1, 0.15) is 6.73 Å². The summed E-state index contributed by atoms with van der Waals surface area (Å²) >= 11 is 0. The Bertz CT molecular complexity index is 287. The second-order valence-corrected chi connectivity index (χ2v) is 2.88. The number of methoxy groups -OCH3 is 1. The normalized spacial score (nSPS) is 9.79. The molecule has 76 valence electrons. The van der Waals surface area contributed by atoms with Crippen LogP contribution in [0.5, 0.6) is 0 Å². The molecule has 1 rings (SSSR count). The number of nitrogens with zero attached hydrogens (tertiary/aromatic N) is 1. The van der Waals surface area contributed by atoms with E-state index in [0.717, 1.165) is 5.56 Å². The zero-order valence-electron chi connectivity index (χ0n) is 8.01. The molecule has 0 aliphatic carbocycles. The van der Waals surface area contributed by atoms with Crippen molar-refractivity contribution < 1.29 is 14.6 Å². The van der Waals surface area contributed by atoms with Gasteiger partial charge in [0.05, 0.1) is 6.54 Å². The highest BCUT2D eigenvalue weighted by Gasteiger charge is 2.10. The van der Waals surface area contributed by atoms with Gasteiger partial charge in [0.15, 0.2) is 0 Å². The van der Waals surface area contributed by atoms with Crippen LogP contribution in [-0.2, 0) is 11.3 Å². The van der Waals surface area contributed by atoms with Crippen LogP contribution < -0.4 is 0 Å². The lowest BCUT2D eigenvalue weighted by Crippen LogP contribution is -2.30. The van der Waals surface area contributed by atoms with Crippen LogP contribution in [-0.4, -0.2) is 29.9 Å². The van der Waals surface area contributed by atoms with Crippen molar-refractivity contribution in [1.82, 2.24) is 4.90 Å². The molecule has 0 bridgehead atoms. The fourth-order valence-electron chi connectivity index (χ4n) is 1.13. The number of carbonyl (C=O) groups is 1. The van der Waals surface area contributed by atoms with Gasteiger partial charge in [-0.25, -0.2) is 4.79 Å². The van der Waals surface area contributed by atoms with Crippen LogP contribution >= 0.6 is 0 Å². The predicted molar refractivity (Wildman–Crippen MR) is 51.9 cm³/mol. The molecule has 14 heavy (non-hydrogen) atoms. The van der Waals surface area contributed by atoms with Crippen LogP contribution in [0.4, 0.5) is 4.79 Å². The molecule has 0 aliphatic rings. The Morgan fingerprint density at radius 2 is 2.07 bits per heavy atom. The number of amides is 1. The van der Waals surface area contributed by atoms with Gasteiger partial charge in [-0.05, 0) is 5.56 Å². The number of benzene rings is 1. The van der Waals surface area contributed by atoms with E-state index in [0.29, 0.717) is 6.54 Å². The third-order valence-electron chi connectivity index (χ3n) is 1.77. The Labute approximate surface area is 82.7 Å². The Morgan fingerprint density at radius 1 is 1.43 bits per heavy atom. The summed E-state index contributed by atoms with van der Waals surface area (Å²) in [7, 11) is 1.47. The van der Waals surface area contributed by atoms with E-state index in [1.807, 2.05) is 30.3 Å². The monoisotopic (exact) mass is 195 g/mol. The Balaban J connectivity index is 2.60. The highest BCUT2D eigenvalue weighted by atomic mass is 16.5. The Kier molecular flexibility index (Phi) is 3.94. The van der Waals surface area contributed by atoms with E-state index in [1.54, 1.807) is 0 Å². The third-order valence-corrected chi connectivity index (χ3v) is 1.77. The summed E-state index contributed by atoms with van der Waals surface area (Å²) in [6.07, 6.45) is -0.976. The fourth-order valence-corrected chi connectivity index (χ4v) is 1.13. The molecule has 1 N–H and O–H groups in total. The first-order valence-corrected chi connectivity index (χ1v) is 4.24. The minimum Gasteiger partial charge on any atom is -0.465 e. The molecule has 4 nitrogen and oxygen atoms in total. The van der Waals surface area contributed by atoms with Crippen molar-refractivity contribution in [2.75, 3.05) is 13.8 Å². The summed E-state index contributed by atoms with van der Waals surface area (Å²) in [6.45, 7) is 0.439. The summed E-state index contributed by atoms with van der Waals surface area (Å²) in [4.78, 5) is 11.9. The fraction of sp³-hybridized carbons (Fsp3) is 0.300. The molecular formula is C10H13NO3. The van der Waals surface area contributed by atoms with Crippen molar-refractivity contribution in [3.8, 4) is 0 Å². The van der Waals surface area contributed by atoms with Crippen LogP contribution in [0.15, 0.2) is 30.3 Å². The summed E-state index contributed by atoms with van der Waals surface area (Å²) < 4.78 is 4.78. The molecule has 0 saturated carbocycles. The van der Waals surface area contributed by atoms with Gasteiger partial charge in [-0.15, -0.1) is 0 Å². The van der Waals surface area contributed by atoms with Crippen LogP contribution in [0.1, 0.15) is 5.56 Å². The van der Waals surface area contributed by atoms with E-state index < -0.39 is 6.09 Å². The van der Waals surface area contributed by atoms with Crippen LogP contribution in [0, 0.1) is 0 Å². The summed E-state index contributed by atoms with van der Waals surface area (Å²) in [5.74, 6) is 0. The number of ether oxygens (including phenoxy) is 1. The first kappa shape index (κ1) is 10.5. The SMILES string of the molecule is COCN(Cc1ccccc1)C(=O)O. The van der Waals surface area contributed by atoms with Crippen molar-refractivity contribution in [2.24, 2.45) is 0 Å². The maximum Gasteiger partial charge on any atom is 0.409 e. The molecule has 0 heterocycles. The molecule has 0 radical (unpaired) electrons. The summed E-state index contributed by atoms with van der Waals surface area (Å²) in [6, 6.07) is 9.41. The maximum absolute atomic E-state index is 10.7. The molecule has 0 atom stereocenters. The van der Waals surface area contributed by atoms with Crippen molar-refractivity contribution >= 4 is 6.09 Å². The smallest absolute Gasteiger partial charge is 0.409 e. The maximum atomic E-state index is 10.7. The average molecular weight is 195 g/mol. The quantitative estimate of drug-likeness (QED) is 0.745. The Hall–Kier alpha value is -1.55. The molecule has 0 fully saturated rings. The molecule has 0 spiro atoms. The van der Waals surface area contributed by atoms with E-state index in [1.165, 1.54) is 12.0 Å². The highest BCUT2D eigenvalue weighted by Crippen LogP contribution is 2.04. The first-order valence-electron chi connectivity index (χ1n) is 4.24. The van der Waals surface area contributed by atoms with Gasteiger partial charge in [0, 0.05) is 7.11 Å². The van der Waals surface area contributed by atoms with Crippen molar-refractivity contribution in [3.05, 3.63) is 35.9 Å². The van der Waals surface area contributed by atoms with Gasteiger partial charge in [0.25, 0.3) is 0 Å². The molecule has 0 aliphatic heterocycles. The van der Waals surface area contributed by atoms with E-state index >= 15 is 0 Å². The van der Waals surface area contributed by atoms with E-state index in [2.05, 4.69) is 0 Å².